The number of rotatable bonds is 0. The first-order valence-corrected chi connectivity index (χ1v) is 4.62. The molecule has 0 aromatic heterocycles. The van der Waals surface area contributed by atoms with Crippen LogP contribution in [0.1, 0.15) is 19.3 Å². The van der Waals surface area contributed by atoms with Crippen molar-refractivity contribution in [1.82, 2.24) is 0 Å². The Labute approximate surface area is 59.5 Å². The molecule has 1 saturated carbocycles. The number of fused-ring (bicyclic) bond motifs is 1. The highest BCUT2D eigenvalue weighted by atomic mass is 32.3. The largest absolute Gasteiger partial charge is 0.400 e. The van der Waals surface area contributed by atoms with Gasteiger partial charge in [0.25, 0.3) is 0 Å². The van der Waals surface area contributed by atoms with E-state index >= 15 is 0 Å². The van der Waals surface area contributed by atoms with Crippen LogP contribution in [0.25, 0.3) is 0 Å². The Balaban J connectivity index is 2.21. The minimum atomic E-state index is -3.61. The molecule has 2 fully saturated rings. The van der Waals surface area contributed by atoms with Crippen LogP contribution in [0.5, 0.6) is 0 Å². The third-order valence-corrected chi connectivity index (χ3v) is 2.84. The smallest absolute Gasteiger partial charge is 0.242 e. The van der Waals surface area contributed by atoms with Gasteiger partial charge in [-0.15, -0.1) is 0 Å². The van der Waals surface area contributed by atoms with E-state index in [1.54, 1.807) is 0 Å². The molecule has 2 aliphatic rings. The number of hydrogen-bond acceptors (Lipinski definition) is 4. The summed E-state index contributed by atoms with van der Waals surface area (Å²) in [6, 6.07) is 0. The van der Waals surface area contributed by atoms with Crippen LogP contribution in [0.15, 0.2) is 0 Å². The van der Waals surface area contributed by atoms with Gasteiger partial charge < -0.3 is 0 Å². The molecule has 1 aliphatic carbocycles. The van der Waals surface area contributed by atoms with Gasteiger partial charge in [-0.2, -0.15) is 8.42 Å². The monoisotopic (exact) mass is 164 g/mol. The zero-order valence-electron chi connectivity index (χ0n) is 5.32. The lowest BCUT2D eigenvalue weighted by Gasteiger charge is -1.98. The van der Waals surface area contributed by atoms with Crippen LogP contribution in [0.3, 0.4) is 0 Å². The second-order valence-corrected chi connectivity index (χ2v) is 3.81. The highest BCUT2D eigenvalue weighted by Gasteiger charge is 2.42. The van der Waals surface area contributed by atoms with Gasteiger partial charge in [0.15, 0.2) is 0 Å². The van der Waals surface area contributed by atoms with E-state index in [1.165, 1.54) is 0 Å². The fraction of sp³-hybridized carbons (Fsp3) is 1.00. The molecule has 0 radical (unpaired) electrons. The second kappa shape index (κ2) is 1.93. The first-order chi connectivity index (χ1) is 4.67. The van der Waals surface area contributed by atoms with Crippen molar-refractivity contribution in [2.24, 2.45) is 0 Å². The third kappa shape index (κ3) is 0.941. The van der Waals surface area contributed by atoms with E-state index in [0.29, 0.717) is 0 Å². The van der Waals surface area contributed by atoms with Crippen molar-refractivity contribution < 1.29 is 16.8 Å². The Morgan fingerprint density at radius 1 is 1.10 bits per heavy atom. The highest BCUT2D eigenvalue weighted by Crippen LogP contribution is 2.33. The molecule has 0 bridgehead atoms. The Hall–Kier alpha value is -0.130. The molecular weight excluding hydrogens is 156 g/mol. The van der Waals surface area contributed by atoms with E-state index < -0.39 is 10.4 Å². The Morgan fingerprint density at radius 2 is 1.60 bits per heavy atom. The van der Waals surface area contributed by atoms with Crippen molar-refractivity contribution in [2.45, 2.75) is 31.5 Å². The van der Waals surface area contributed by atoms with Crippen molar-refractivity contribution >= 4 is 10.4 Å². The van der Waals surface area contributed by atoms with Crippen molar-refractivity contribution in [3.05, 3.63) is 0 Å². The molecule has 2 rings (SSSR count). The molecule has 58 valence electrons. The molecule has 1 aliphatic heterocycles. The van der Waals surface area contributed by atoms with E-state index in [1.807, 2.05) is 0 Å². The van der Waals surface area contributed by atoms with E-state index in [9.17, 15) is 8.42 Å². The summed E-state index contributed by atoms with van der Waals surface area (Å²) >= 11 is 0. The van der Waals surface area contributed by atoms with E-state index in [0.717, 1.165) is 19.3 Å². The molecule has 0 N–H and O–H groups in total. The van der Waals surface area contributed by atoms with Gasteiger partial charge in [0.1, 0.15) is 12.2 Å². The van der Waals surface area contributed by atoms with Gasteiger partial charge in [0.05, 0.1) is 0 Å². The van der Waals surface area contributed by atoms with Gasteiger partial charge in [-0.05, 0) is 19.3 Å². The minimum Gasteiger partial charge on any atom is -0.242 e. The molecule has 4 nitrogen and oxygen atoms in total. The van der Waals surface area contributed by atoms with Crippen molar-refractivity contribution in [1.29, 1.82) is 0 Å². The zero-order valence-corrected chi connectivity index (χ0v) is 6.13. The quantitative estimate of drug-likeness (QED) is 0.513. The van der Waals surface area contributed by atoms with Crippen molar-refractivity contribution in [3.63, 3.8) is 0 Å². The fourth-order valence-corrected chi connectivity index (χ4v) is 2.53. The molecular formula is C5H8O4S. The third-order valence-electron chi connectivity index (χ3n) is 1.87. The van der Waals surface area contributed by atoms with Crippen molar-refractivity contribution in [3.8, 4) is 0 Å². The predicted octanol–water partition coefficient (Wildman–Crippen LogP) is 0.199. The average molecular weight is 164 g/mol. The molecule has 0 amide bonds. The predicted molar refractivity (Wildman–Crippen MR) is 32.5 cm³/mol. The summed E-state index contributed by atoms with van der Waals surface area (Å²) in [7, 11) is -3.61. The molecule has 0 aromatic rings. The maximum atomic E-state index is 10.6. The highest BCUT2D eigenvalue weighted by molar-refractivity contribution is 7.82. The van der Waals surface area contributed by atoms with Gasteiger partial charge in [-0.3, -0.25) is 0 Å². The van der Waals surface area contributed by atoms with Gasteiger partial charge in [-0.1, -0.05) is 0 Å². The summed E-state index contributed by atoms with van der Waals surface area (Å²) in [6.07, 6.45) is 2.24. The molecule has 2 unspecified atom stereocenters. The molecule has 0 aromatic carbocycles. The van der Waals surface area contributed by atoms with E-state index in [2.05, 4.69) is 8.37 Å². The van der Waals surface area contributed by atoms with Crippen LogP contribution < -0.4 is 0 Å². The lowest BCUT2D eigenvalue weighted by molar-refractivity contribution is 0.187. The first-order valence-electron chi connectivity index (χ1n) is 3.29. The summed E-state index contributed by atoms with van der Waals surface area (Å²) in [5, 5.41) is 0. The second-order valence-electron chi connectivity index (χ2n) is 2.61. The Morgan fingerprint density at radius 3 is 2.10 bits per heavy atom. The lowest BCUT2D eigenvalue weighted by atomic mass is 10.3. The van der Waals surface area contributed by atoms with Crippen LogP contribution in [0, 0.1) is 0 Å². The molecule has 0 spiro atoms. The van der Waals surface area contributed by atoms with Gasteiger partial charge in [0.2, 0.25) is 0 Å². The van der Waals surface area contributed by atoms with Crippen LogP contribution in [0.2, 0.25) is 0 Å². The zero-order chi connectivity index (χ0) is 7.19. The molecule has 1 heterocycles. The van der Waals surface area contributed by atoms with Gasteiger partial charge in [0, 0.05) is 0 Å². The summed E-state index contributed by atoms with van der Waals surface area (Å²) in [6.45, 7) is 0. The first kappa shape index (κ1) is 6.57. The molecule has 1 saturated heterocycles. The van der Waals surface area contributed by atoms with Crippen LogP contribution in [-0.4, -0.2) is 20.6 Å². The van der Waals surface area contributed by atoms with Crippen LogP contribution in [0.4, 0.5) is 0 Å². The fourth-order valence-electron chi connectivity index (χ4n) is 1.44. The van der Waals surface area contributed by atoms with Gasteiger partial charge in [-0.25, -0.2) is 8.37 Å². The summed E-state index contributed by atoms with van der Waals surface area (Å²) in [5.41, 5.74) is 0. The minimum absolute atomic E-state index is 0.190. The molecule has 5 heteroatoms. The average Bonchev–Trinajstić information content (AvgIpc) is 2.20. The maximum absolute atomic E-state index is 10.6. The summed E-state index contributed by atoms with van der Waals surface area (Å²) in [5.74, 6) is 0. The molecule has 2 atom stereocenters. The van der Waals surface area contributed by atoms with Crippen molar-refractivity contribution in [2.75, 3.05) is 0 Å². The summed E-state index contributed by atoms with van der Waals surface area (Å²) in [4.78, 5) is 0. The van der Waals surface area contributed by atoms with Crippen LogP contribution in [-0.2, 0) is 18.8 Å². The molecule has 10 heavy (non-hydrogen) atoms. The lowest BCUT2D eigenvalue weighted by Crippen LogP contribution is -2.13. The van der Waals surface area contributed by atoms with E-state index in [4.69, 9.17) is 0 Å². The van der Waals surface area contributed by atoms with Crippen LogP contribution >= 0.6 is 0 Å². The SMILES string of the molecule is O=S1(=O)OC2CCCC2O1. The topological polar surface area (TPSA) is 52.6 Å². The maximum Gasteiger partial charge on any atom is 0.400 e. The Kier molecular flexibility index (Phi) is 1.27. The Bertz CT molecular complexity index is 214. The number of hydrogen-bond donors (Lipinski definition) is 0. The van der Waals surface area contributed by atoms with E-state index in [-0.39, 0.29) is 12.2 Å². The van der Waals surface area contributed by atoms with Gasteiger partial charge >= 0.3 is 10.4 Å². The standard InChI is InChI=1S/C5H8O4S/c6-10(7)8-4-2-1-3-5(4)9-10/h4-5H,1-3H2. The summed E-state index contributed by atoms with van der Waals surface area (Å²) < 4.78 is 30.4. The normalized spacial score (nSPS) is 43.6.